The number of carbonyl (C=O) groups is 2. The van der Waals surface area contributed by atoms with Crippen LogP contribution in [0.25, 0.3) is 0 Å². The summed E-state index contributed by atoms with van der Waals surface area (Å²) in [4.78, 5) is 31.7. The lowest BCUT2D eigenvalue weighted by molar-refractivity contribution is -0.133. The van der Waals surface area contributed by atoms with E-state index < -0.39 is 0 Å². The lowest BCUT2D eigenvalue weighted by atomic mass is 10.1. The summed E-state index contributed by atoms with van der Waals surface area (Å²) in [6.45, 7) is 6.74. The number of para-hydroxylation sites is 1. The van der Waals surface area contributed by atoms with Crippen molar-refractivity contribution in [2.75, 3.05) is 44.2 Å². The van der Waals surface area contributed by atoms with Gasteiger partial charge in [0.05, 0.1) is 6.54 Å². The number of hydrogen-bond acceptors (Lipinski definition) is 6. The van der Waals surface area contributed by atoms with Gasteiger partial charge in [-0.3, -0.25) is 14.5 Å². The monoisotopic (exact) mass is 399 g/mol. The maximum Gasteiger partial charge on any atom is 0.308 e. The van der Waals surface area contributed by atoms with E-state index in [-0.39, 0.29) is 11.9 Å². The average molecular weight is 400 g/mol. The van der Waals surface area contributed by atoms with Gasteiger partial charge in [-0.25, -0.2) is 0 Å². The number of hydrogen-bond donors (Lipinski definition) is 0. The Bertz CT molecular complexity index is 844. The molecule has 0 N–H and O–H groups in total. The molecule has 1 aromatic carbocycles. The molecule has 0 aliphatic carbocycles. The van der Waals surface area contributed by atoms with Crippen molar-refractivity contribution in [3.8, 4) is 5.06 Å². The molecule has 2 aliphatic heterocycles. The minimum atomic E-state index is -0.291. The van der Waals surface area contributed by atoms with Crippen LogP contribution >= 0.6 is 11.3 Å². The van der Waals surface area contributed by atoms with Crippen LogP contribution in [-0.4, -0.2) is 60.9 Å². The highest BCUT2D eigenvalue weighted by Crippen LogP contribution is 2.33. The molecule has 1 aromatic heterocycles. The SMILES string of the molecule is CC(=O)Oc1cc2c(s1)CCN(CC(=O)N1CCN(c3ccccc3)CC1)C2. The molecule has 6 nitrogen and oxygen atoms in total. The van der Waals surface area contributed by atoms with Crippen LogP contribution in [0.5, 0.6) is 5.06 Å². The van der Waals surface area contributed by atoms with Crippen LogP contribution in [-0.2, 0) is 22.6 Å². The van der Waals surface area contributed by atoms with Crippen molar-refractivity contribution in [1.82, 2.24) is 9.80 Å². The van der Waals surface area contributed by atoms with Crippen LogP contribution < -0.4 is 9.64 Å². The Balaban J connectivity index is 1.29. The summed E-state index contributed by atoms with van der Waals surface area (Å²) in [5.74, 6) is -0.0909. The molecule has 2 aromatic rings. The van der Waals surface area contributed by atoms with Crippen LogP contribution in [0.3, 0.4) is 0 Å². The fraction of sp³-hybridized carbons (Fsp3) is 0.429. The van der Waals surface area contributed by atoms with Crippen LogP contribution in [0, 0.1) is 0 Å². The summed E-state index contributed by atoms with van der Waals surface area (Å²) in [5.41, 5.74) is 2.40. The van der Waals surface area contributed by atoms with Crippen LogP contribution in [0.2, 0.25) is 0 Å². The van der Waals surface area contributed by atoms with E-state index in [1.807, 2.05) is 17.0 Å². The largest absolute Gasteiger partial charge is 0.416 e. The summed E-state index contributed by atoms with van der Waals surface area (Å²) in [7, 11) is 0. The second-order valence-corrected chi connectivity index (χ2v) is 8.37. The molecular formula is C21H25N3O3S. The average Bonchev–Trinajstić information content (AvgIpc) is 3.09. The number of nitrogens with zero attached hydrogens (tertiary/aromatic N) is 3. The molecule has 4 rings (SSSR count). The molecule has 148 valence electrons. The number of esters is 1. The van der Waals surface area contributed by atoms with Gasteiger partial charge in [-0.15, -0.1) is 11.3 Å². The van der Waals surface area contributed by atoms with Crippen molar-refractivity contribution < 1.29 is 14.3 Å². The Labute approximate surface area is 169 Å². The highest BCUT2D eigenvalue weighted by atomic mass is 32.1. The van der Waals surface area contributed by atoms with E-state index in [0.717, 1.165) is 45.7 Å². The topological polar surface area (TPSA) is 53.1 Å². The first kappa shape index (κ1) is 19.0. The highest BCUT2D eigenvalue weighted by molar-refractivity contribution is 7.14. The Kier molecular flexibility index (Phi) is 5.64. The summed E-state index contributed by atoms with van der Waals surface area (Å²) in [5, 5.41) is 0.655. The van der Waals surface area contributed by atoms with E-state index >= 15 is 0 Å². The van der Waals surface area contributed by atoms with Gasteiger partial charge in [0.1, 0.15) is 0 Å². The van der Waals surface area contributed by atoms with Gasteiger partial charge in [0.15, 0.2) is 5.06 Å². The zero-order valence-corrected chi connectivity index (χ0v) is 16.9. The minimum Gasteiger partial charge on any atom is -0.416 e. The standard InChI is InChI=1S/C21H25N3O3S/c1-16(25)27-21-13-17-14-22(8-7-19(17)28-21)15-20(26)24-11-9-23(10-12-24)18-5-3-2-4-6-18/h2-6,13H,7-12,14-15H2,1H3. The Morgan fingerprint density at radius 1 is 1.07 bits per heavy atom. The third-order valence-electron chi connectivity index (χ3n) is 5.28. The zero-order valence-electron chi connectivity index (χ0n) is 16.1. The van der Waals surface area contributed by atoms with Crippen molar-refractivity contribution in [2.24, 2.45) is 0 Å². The summed E-state index contributed by atoms with van der Waals surface area (Å²) in [6.07, 6.45) is 0.899. The van der Waals surface area contributed by atoms with E-state index in [4.69, 9.17) is 4.74 Å². The Hall–Kier alpha value is -2.38. The third-order valence-corrected chi connectivity index (χ3v) is 6.40. The van der Waals surface area contributed by atoms with Gasteiger partial charge in [-0.05, 0) is 30.2 Å². The lowest BCUT2D eigenvalue weighted by Gasteiger charge is -2.37. The number of rotatable bonds is 4. The Morgan fingerprint density at radius 2 is 1.82 bits per heavy atom. The Morgan fingerprint density at radius 3 is 2.54 bits per heavy atom. The first-order chi connectivity index (χ1) is 13.6. The second-order valence-electron chi connectivity index (χ2n) is 7.27. The number of fused-ring (bicyclic) bond motifs is 1. The molecule has 0 radical (unpaired) electrons. The molecule has 7 heteroatoms. The predicted octanol–water partition coefficient (Wildman–Crippen LogP) is 2.38. The summed E-state index contributed by atoms with van der Waals surface area (Å²) < 4.78 is 5.21. The van der Waals surface area contributed by atoms with Gasteiger partial charge in [0, 0.05) is 56.8 Å². The number of ether oxygens (including phenoxy) is 1. The third kappa shape index (κ3) is 4.36. The van der Waals surface area contributed by atoms with E-state index in [1.165, 1.54) is 23.1 Å². The fourth-order valence-corrected chi connectivity index (χ4v) is 4.89. The molecule has 0 spiro atoms. The minimum absolute atomic E-state index is 0.201. The smallest absolute Gasteiger partial charge is 0.308 e. The van der Waals surface area contributed by atoms with Gasteiger partial charge in [-0.1, -0.05) is 18.2 Å². The van der Waals surface area contributed by atoms with Gasteiger partial charge >= 0.3 is 5.97 Å². The van der Waals surface area contributed by atoms with Gasteiger partial charge in [-0.2, -0.15) is 0 Å². The predicted molar refractivity (Wildman–Crippen MR) is 110 cm³/mol. The molecule has 1 amide bonds. The van der Waals surface area contributed by atoms with E-state index in [1.54, 1.807) is 11.3 Å². The maximum atomic E-state index is 12.8. The van der Waals surface area contributed by atoms with Crippen molar-refractivity contribution >= 4 is 28.9 Å². The second kappa shape index (κ2) is 8.32. The van der Waals surface area contributed by atoms with E-state index in [2.05, 4.69) is 34.1 Å². The molecule has 0 saturated carbocycles. The number of anilines is 1. The number of piperazine rings is 1. The van der Waals surface area contributed by atoms with Crippen LogP contribution in [0.1, 0.15) is 17.4 Å². The summed E-state index contributed by atoms with van der Waals surface area (Å²) in [6, 6.07) is 12.3. The van der Waals surface area contributed by atoms with Gasteiger partial charge < -0.3 is 14.5 Å². The summed E-state index contributed by atoms with van der Waals surface area (Å²) >= 11 is 1.54. The van der Waals surface area contributed by atoms with Gasteiger partial charge in [0.25, 0.3) is 0 Å². The zero-order chi connectivity index (χ0) is 19.5. The fourth-order valence-electron chi connectivity index (χ4n) is 3.84. The number of thiophene rings is 1. The molecular weight excluding hydrogens is 374 g/mol. The quantitative estimate of drug-likeness (QED) is 0.739. The number of amides is 1. The van der Waals surface area contributed by atoms with Crippen molar-refractivity contribution in [1.29, 1.82) is 0 Å². The number of benzene rings is 1. The molecule has 1 saturated heterocycles. The molecule has 0 bridgehead atoms. The maximum absolute atomic E-state index is 12.8. The first-order valence-electron chi connectivity index (χ1n) is 9.68. The lowest BCUT2D eigenvalue weighted by Crippen LogP contribution is -2.51. The molecule has 1 fully saturated rings. The first-order valence-corrected chi connectivity index (χ1v) is 10.5. The van der Waals surface area contributed by atoms with Crippen molar-refractivity contribution in [3.05, 3.63) is 46.8 Å². The van der Waals surface area contributed by atoms with Gasteiger partial charge in [0.2, 0.25) is 5.91 Å². The van der Waals surface area contributed by atoms with Crippen molar-refractivity contribution in [2.45, 2.75) is 19.9 Å². The molecule has 0 atom stereocenters. The van der Waals surface area contributed by atoms with E-state index in [9.17, 15) is 9.59 Å². The molecule has 2 aliphatic rings. The molecule has 0 unspecified atom stereocenters. The van der Waals surface area contributed by atoms with Crippen LogP contribution in [0.4, 0.5) is 5.69 Å². The molecule has 3 heterocycles. The molecule has 28 heavy (non-hydrogen) atoms. The number of carbonyl (C=O) groups excluding carboxylic acids is 2. The highest BCUT2D eigenvalue weighted by Gasteiger charge is 2.26. The normalized spacial score (nSPS) is 17.3. The van der Waals surface area contributed by atoms with Crippen molar-refractivity contribution in [3.63, 3.8) is 0 Å². The van der Waals surface area contributed by atoms with E-state index in [0.29, 0.717) is 11.6 Å². The van der Waals surface area contributed by atoms with Crippen LogP contribution in [0.15, 0.2) is 36.4 Å².